The molecule has 2 heterocycles. The lowest BCUT2D eigenvalue weighted by atomic mass is 9.97. The van der Waals surface area contributed by atoms with Crippen LogP contribution in [0.3, 0.4) is 0 Å². The lowest BCUT2D eigenvalue weighted by Crippen LogP contribution is -2.42. The monoisotopic (exact) mass is 299 g/mol. The topological polar surface area (TPSA) is 73.7 Å². The summed E-state index contributed by atoms with van der Waals surface area (Å²) in [4.78, 5) is 6.51. The number of pyridine rings is 1. The number of aliphatic hydroxyl groups excluding tert-OH is 1. The molecule has 0 saturated carbocycles. The van der Waals surface area contributed by atoms with Crippen LogP contribution in [0.25, 0.3) is 0 Å². The van der Waals surface area contributed by atoms with E-state index in [1.807, 2.05) is 6.92 Å². The van der Waals surface area contributed by atoms with Crippen molar-refractivity contribution in [2.75, 3.05) is 32.1 Å². The van der Waals surface area contributed by atoms with Crippen molar-refractivity contribution in [3.8, 4) is 0 Å². The zero-order valence-electron chi connectivity index (χ0n) is 12.0. The molecule has 0 radical (unpaired) electrons. The first-order valence-electron chi connectivity index (χ1n) is 6.64. The first-order valence-corrected chi connectivity index (χ1v) is 8.08. The second kappa shape index (κ2) is 5.67. The predicted molar refractivity (Wildman–Crippen MR) is 77.1 cm³/mol. The van der Waals surface area contributed by atoms with Crippen molar-refractivity contribution in [3.05, 3.63) is 18.3 Å². The zero-order valence-corrected chi connectivity index (χ0v) is 12.8. The van der Waals surface area contributed by atoms with E-state index in [0.29, 0.717) is 6.42 Å². The second-order valence-corrected chi connectivity index (χ2v) is 7.57. The Balaban J connectivity index is 2.17. The van der Waals surface area contributed by atoms with Gasteiger partial charge in [-0.1, -0.05) is 6.92 Å². The summed E-state index contributed by atoms with van der Waals surface area (Å²) in [6, 6.07) is 3.30. The summed E-state index contributed by atoms with van der Waals surface area (Å²) in [7, 11) is -0.438. The molecule has 0 bridgehead atoms. The predicted octanol–water partition coefficient (Wildman–Crippen LogP) is 0.539. The standard InChI is InChI=1S/C13H21N3O3S/c1-10-9-16(7-6-12(10)17)13-5-4-11(8-14-13)20(18,19)15(2)3/h4-5,8,10,12,17H,6-7,9H2,1-3H3. The van der Waals surface area contributed by atoms with Gasteiger partial charge in [0.15, 0.2) is 0 Å². The van der Waals surface area contributed by atoms with Crippen LogP contribution < -0.4 is 4.90 Å². The van der Waals surface area contributed by atoms with E-state index in [1.165, 1.54) is 24.6 Å². The molecule has 0 aliphatic carbocycles. The molecule has 1 saturated heterocycles. The van der Waals surface area contributed by atoms with Gasteiger partial charge in [0.2, 0.25) is 10.0 Å². The number of sulfonamides is 1. The van der Waals surface area contributed by atoms with E-state index >= 15 is 0 Å². The Morgan fingerprint density at radius 2 is 2.10 bits per heavy atom. The Kier molecular flexibility index (Phi) is 4.31. The molecule has 0 amide bonds. The number of piperidine rings is 1. The van der Waals surface area contributed by atoms with Crippen LogP contribution >= 0.6 is 0 Å². The Morgan fingerprint density at radius 3 is 2.60 bits per heavy atom. The third-order valence-electron chi connectivity index (χ3n) is 3.68. The summed E-state index contributed by atoms with van der Waals surface area (Å²) in [5, 5.41) is 9.72. The number of rotatable bonds is 3. The maximum atomic E-state index is 12.0. The van der Waals surface area contributed by atoms with Gasteiger partial charge < -0.3 is 10.0 Å². The highest BCUT2D eigenvalue weighted by molar-refractivity contribution is 7.89. The van der Waals surface area contributed by atoms with Gasteiger partial charge in [0, 0.05) is 33.4 Å². The van der Waals surface area contributed by atoms with Crippen LogP contribution in [0.2, 0.25) is 0 Å². The highest BCUT2D eigenvalue weighted by Crippen LogP contribution is 2.23. The number of hydrogen-bond acceptors (Lipinski definition) is 5. The van der Waals surface area contributed by atoms with Gasteiger partial charge in [0.25, 0.3) is 0 Å². The zero-order chi connectivity index (χ0) is 14.9. The number of aromatic nitrogens is 1. The third kappa shape index (κ3) is 2.94. The Labute approximate surface area is 120 Å². The minimum Gasteiger partial charge on any atom is -0.393 e. The molecule has 1 aliphatic heterocycles. The van der Waals surface area contributed by atoms with Gasteiger partial charge in [-0.25, -0.2) is 17.7 Å². The maximum Gasteiger partial charge on any atom is 0.244 e. The van der Waals surface area contributed by atoms with Crippen molar-refractivity contribution in [2.24, 2.45) is 5.92 Å². The fraction of sp³-hybridized carbons (Fsp3) is 0.615. The Bertz CT molecular complexity index is 557. The van der Waals surface area contributed by atoms with Gasteiger partial charge in [-0.2, -0.15) is 0 Å². The van der Waals surface area contributed by atoms with E-state index in [9.17, 15) is 13.5 Å². The average molecular weight is 299 g/mol. The van der Waals surface area contributed by atoms with Gasteiger partial charge in [0.1, 0.15) is 10.7 Å². The molecule has 6 nitrogen and oxygen atoms in total. The first-order chi connectivity index (χ1) is 9.32. The maximum absolute atomic E-state index is 12.0. The minimum absolute atomic E-state index is 0.190. The summed E-state index contributed by atoms with van der Waals surface area (Å²) in [5.74, 6) is 0.942. The molecule has 1 aliphatic rings. The summed E-state index contributed by atoms with van der Waals surface area (Å²) in [6.45, 7) is 3.47. The van der Waals surface area contributed by atoms with E-state index in [1.54, 1.807) is 12.1 Å². The first kappa shape index (κ1) is 15.2. The van der Waals surface area contributed by atoms with Crippen molar-refractivity contribution in [1.29, 1.82) is 0 Å². The molecule has 1 fully saturated rings. The third-order valence-corrected chi connectivity index (χ3v) is 5.48. The fourth-order valence-electron chi connectivity index (χ4n) is 2.26. The van der Waals surface area contributed by atoms with E-state index in [4.69, 9.17) is 0 Å². The average Bonchev–Trinajstić information content (AvgIpc) is 2.42. The fourth-order valence-corrected chi connectivity index (χ4v) is 3.11. The molecule has 1 aromatic rings. The highest BCUT2D eigenvalue weighted by Gasteiger charge is 2.25. The van der Waals surface area contributed by atoms with E-state index in [2.05, 4.69) is 9.88 Å². The van der Waals surface area contributed by atoms with E-state index in [-0.39, 0.29) is 16.9 Å². The smallest absolute Gasteiger partial charge is 0.244 e. The van der Waals surface area contributed by atoms with Gasteiger partial charge in [0.05, 0.1) is 6.10 Å². The number of nitrogens with zero attached hydrogens (tertiary/aromatic N) is 3. The van der Waals surface area contributed by atoms with Crippen LogP contribution in [0.15, 0.2) is 23.2 Å². The molecule has 7 heteroatoms. The summed E-state index contributed by atoms with van der Waals surface area (Å²) < 4.78 is 25.1. The summed E-state index contributed by atoms with van der Waals surface area (Å²) in [6.07, 6.45) is 1.83. The molecule has 112 valence electrons. The molecule has 1 aromatic heterocycles. The molecular weight excluding hydrogens is 278 g/mol. The van der Waals surface area contributed by atoms with Gasteiger partial charge in [-0.3, -0.25) is 0 Å². The molecular formula is C13H21N3O3S. The van der Waals surface area contributed by atoms with Crippen molar-refractivity contribution < 1.29 is 13.5 Å². The molecule has 20 heavy (non-hydrogen) atoms. The summed E-state index contributed by atoms with van der Waals surface area (Å²) in [5.41, 5.74) is 0. The SMILES string of the molecule is CC1CN(c2ccc(S(=O)(=O)N(C)C)cn2)CCC1O. The van der Waals surface area contributed by atoms with Gasteiger partial charge in [-0.05, 0) is 24.5 Å². The number of anilines is 1. The van der Waals surface area contributed by atoms with Gasteiger partial charge >= 0.3 is 0 Å². The number of aliphatic hydroxyl groups is 1. The van der Waals surface area contributed by atoms with Crippen molar-refractivity contribution in [1.82, 2.24) is 9.29 Å². The van der Waals surface area contributed by atoms with Crippen molar-refractivity contribution >= 4 is 15.8 Å². The Hall–Kier alpha value is -1.18. The van der Waals surface area contributed by atoms with Crippen LogP contribution in [0.1, 0.15) is 13.3 Å². The van der Waals surface area contributed by atoms with Crippen LogP contribution in [0.5, 0.6) is 0 Å². The molecule has 2 rings (SSSR count). The quantitative estimate of drug-likeness (QED) is 0.882. The molecule has 2 atom stereocenters. The summed E-state index contributed by atoms with van der Waals surface area (Å²) >= 11 is 0. The second-order valence-electron chi connectivity index (χ2n) is 5.42. The van der Waals surface area contributed by atoms with Crippen LogP contribution in [-0.2, 0) is 10.0 Å². The van der Waals surface area contributed by atoms with Crippen LogP contribution in [0, 0.1) is 5.92 Å². The van der Waals surface area contributed by atoms with Crippen molar-refractivity contribution in [2.45, 2.75) is 24.3 Å². The highest BCUT2D eigenvalue weighted by atomic mass is 32.2. The van der Waals surface area contributed by atoms with E-state index < -0.39 is 10.0 Å². The largest absolute Gasteiger partial charge is 0.393 e. The normalized spacial score (nSPS) is 24.1. The molecule has 1 N–H and O–H groups in total. The lowest BCUT2D eigenvalue weighted by molar-refractivity contribution is 0.0969. The molecule has 2 unspecified atom stereocenters. The van der Waals surface area contributed by atoms with Crippen LogP contribution in [-0.4, -0.2) is 56.1 Å². The van der Waals surface area contributed by atoms with Crippen molar-refractivity contribution in [3.63, 3.8) is 0 Å². The molecule has 0 spiro atoms. The van der Waals surface area contributed by atoms with Gasteiger partial charge in [-0.15, -0.1) is 0 Å². The lowest BCUT2D eigenvalue weighted by Gasteiger charge is -2.35. The Morgan fingerprint density at radius 1 is 1.40 bits per heavy atom. The van der Waals surface area contributed by atoms with E-state index in [0.717, 1.165) is 18.9 Å². The minimum atomic E-state index is -3.43. The number of hydrogen-bond donors (Lipinski definition) is 1. The van der Waals surface area contributed by atoms with Crippen LogP contribution in [0.4, 0.5) is 5.82 Å². The molecule has 0 aromatic carbocycles.